The molecule has 2 rings (SSSR count). The fourth-order valence-corrected chi connectivity index (χ4v) is 2.93. The summed E-state index contributed by atoms with van der Waals surface area (Å²) in [6.07, 6.45) is 4.92. The molecule has 3 nitrogen and oxygen atoms in total. The van der Waals surface area contributed by atoms with Gasteiger partial charge in [-0.1, -0.05) is 45.2 Å². The van der Waals surface area contributed by atoms with Crippen molar-refractivity contribution in [2.75, 3.05) is 11.9 Å². The standard InChI is InChI=1S/C17H26N2O/c1-13(2)14-7-9-15(10-8-14)19(3)16(20)17(18)11-5-4-6-12-17/h7-10,13H,4-6,11-12,18H2,1-3H3. The molecule has 0 heterocycles. The van der Waals surface area contributed by atoms with E-state index in [1.54, 1.807) is 4.90 Å². The van der Waals surface area contributed by atoms with E-state index in [9.17, 15) is 4.79 Å². The number of likely N-dealkylation sites (N-methyl/N-ethyl adjacent to an activating group) is 1. The summed E-state index contributed by atoms with van der Waals surface area (Å²) in [4.78, 5) is 14.4. The lowest BCUT2D eigenvalue weighted by molar-refractivity contribution is -0.124. The third kappa shape index (κ3) is 3.04. The van der Waals surface area contributed by atoms with E-state index in [1.165, 1.54) is 12.0 Å². The number of nitrogens with zero attached hydrogens (tertiary/aromatic N) is 1. The van der Waals surface area contributed by atoms with Gasteiger partial charge in [0.2, 0.25) is 5.91 Å². The highest BCUT2D eigenvalue weighted by atomic mass is 16.2. The zero-order chi connectivity index (χ0) is 14.8. The maximum atomic E-state index is 12.6. The van der Waals surface area contributed by atoms with Crippen LogP contribution >= 0.6 is 0 Å². The zero-order valence-electron chi connectivity index (χ0n) is 12.9. The Labute approximate surface area is 122 Å². The van der Waals surface area contributed by atoms with Crippen molar-refractivity contribution in [2.24, 2.45) is 5.73 Å². The summed E-state index contributed by atoms with van der Waals surface area (Å²) in [6.45, 7) is 4.33. The van der Waals surface area contributed by atoms with E-state index in [-0.39, 0.29) is 5.91 Å². The molecule has 0 bridgehead atoms. The van der Waals surface area contributed by atoms with Crippen LogP contribution in [0.15, 0.2) is 24.3 Å². The minimum Gasteiger partial charge on any atom is -0.317 e. The molecule has 1 saturated carbocycles. The molecular weight excluding hydrogens is 248 g/mol. The third-order valence-corrected chi connectivity index (χ3v) is 4.42. The van der Waals surface area contributed by atoms with Crippen LogP contribution < -0.4 is 10.6 Å². The first-order chi connectivity index (χ1) is 9.44. The summed E-state index contributed by atoms with van der Waals surface area (Å²) < 4.78 is 0. The van der Waals surface area contributed by atoms with E-state index in [4.69, 9.17) is 5.73 Å². The Balaban J connectivity index is 2.13. The van der Waals surface area contributed by atoms with E-state index < -0.39 is 5.54 Å². The molecule has 0 spiro atoms. The number of rotatable bonds is 3. The van der Waals surface area contributed by atoms with Gasteiger partial charge in [0.15, 0.2) is 0 Å². The number of hydrogen-bond donors (Lipinski definition) is 1. The first-order valence-corrected chi connectivity index (χ1v) is 7.61. The normalized spacial score (nSPS) is 18.1. The van der Waals surface area contributed by atoms with Crippen LogP contribution in [0.2, 0.25) is 0 Å². The van der Waals surface area contributed by atoms with Gasteiger partial charge >= 0.3 is 0 Å². The molecule has 2 N–H and O–H groups in total. The predicted molar refractivity (Wildman–Crippen MR) is 83.9 cm³/mol. The van der Waals surface area contributed by atoms with Crippen molar-refractivity contribution in [1.82, 2.24) is 0 Å². The Bertz CT molecular complexity index is 458. The molecule has 0 aliphatic heterocycles. The van der Waals surface area contributed by atoms with Crippen LogP contribution in [0.1, 0.15) is 57.4 Å². The highest BCUT2D eigenvalue weighted by Gasteiger charge is 2.37. The molecule has 1 aliphatic carbocycles. The van der Waals surface area contributed by atoms with E-state index in [0.29, 0.717) is 5.92 Å². The number of amides is 1. The molecule has 1 amide bonds. The van der Waals surface area contributed by atoms with Gasteiger partial charge in [0.05, 0.1) is 5.54 Å². The van der Waals surface area contributed by atoms with Crippen LogP contribution in [-0.4, -0.2) is 18.5 Å². The second-order valence-corrected chi connectivity index (χ2v) is 6.33. The Kier molecular flexibility index (Phi) is 4.48. The van der Waals surface area contributed by atoms with E-state index in [0.717, 1.165) is 31.4 Å². The maximum Gasteiger partial charge on any atom is 0.246 e. The van der Waals surface area contributed by atoms with Crippen molar-refractivity contribution in [1.29, 1.82) is 0 Å². The smallest absolute Gasteiger partial charge is 0.246 e. The molecule has 1 fully saturated rings. The monoisotopic (exact) mass is 274 g/mol. The molecule has 0 saturated heterocycles. The van der Waals surface area contributed by atoms with Crippen LogP contribution in [0.3, 0.4) is 0 Å². The van der Waals surface area contributed by atoms with Gasteiger partial charge in [0.1, 0.15) is 0 Å². The fourth-order valence-electron chi connectivity index (χ4n) is 2.93. The topological polar surface area (TPSA) is 46.3 Å². The zero-order valence-corrected chi connectivity index (χ0v) is 12.9. The van der Waals surface area contributed by atoms with Crippen LogP contribution in [0.25, 0.3) is 0 Å². The second-order valence-electron chi connectivity index (χ2n) is 6.33. The highest BCUT2D eigenvalue weighted by molar-refractivity contribution is 5.99. The molecule has 0 unspecified atom stereocenters. The summed E-state index contributed by atoms with van der Waals surface area (Å²) in [5.41, 5.74) is 7.88. The number of hydrogen-bond acceptors (Lipinski definition) is 2. The summed E-state index contributed by atoms with van der Waals surface area (Å²) >= 11 is 0. The highest BCUT2D eigenvalue weighted by Crippen LogP contribution is 2.29. The Morgan fingerprint density at radius 2 is 1.70 bits per heavy atom. The molecule has 1 aromatic carbocycles. The number of anilines is 1. The van der Waals surface area contributed by atoms with Crippen molar-refractivity contribution in [3.63, 3.8) is 0 Å². The molecule has 0 radical (unpaired) electrons. The molecule has 0 aromatic heterocycles. The quantitative estimate of drug-likeness (QED) is 0.917. The van der Waals surface area contributed by atoms with Gasteiger partial charge < -0.3 is 10.6 Å². The summed E-state index contributed by atoms with van der Waals surface area (Å²) in [5.74, 6) is 0.554. The van der Waals surface area contributed by atoms with Crippen molar-refractivity contribution < 1.29 is 4.79 Å². The van der Waals surface area contributed by atoms with E-state index in [1.807, 2.05) is 19.2 Å². The van der Waals surface area contributed by atoms with Crippen LogP contribution in [-0.2, 0) is 4.79 Å². The van der Waals surface area contributed by atoms with E-state index >= 15 is 0 Å². The molecule has 0 atom stereocenters. The average Bonchev–Trinajstić information content (AvgIpc) is 2.46. The summed E-state index contributed by atoms with van der Waals surface area (Å²) in [5, 5.41) is 0. The number of benzene rings is 1. The SMILES string of the molecule is CC(C)c1ccc(N(C)C(=O)C2(N)CCCCC2)cc1. The van der Waals surface area contributed by atoms with Gasteiger partial charge in [-0.25, -0.2) is 0 Å². The van der Waals surface area contributed by atoms with Crippen molar-refractivity contribution >= 4 is 11.6 Å². The maximum absolute atomic E-state index is 12.6. The van der Waals surface area contributed by atoms with Crippen molar-refractivity contribution in [3.8, 4) is 0 Å². The molecule has 3 heteroatoms. The average molecular weight is 274 g/mol. The van der Waals surface area contributed by atoms with Gasteiger partial charge in [0, 0.05) is 12.7 Å². The lowest BCUT2D eigenvalue weighted by Gasteiger charge is -2.35. The molecule has 110 valence electrons. The second kappa shape index (κ2) is 5.96. The molecule has 20 heavy (non-hydrogen) atoms. The van der Waals surface area contributed by atoms with Gasteiger partial charge in [-0.2, -0.15) is 0 Å². The van der Waals surface area contributed by atoms with Crippen LogP contribution in [0, 0.1) is 0 Å². The number of carbonyl (C=O) groups is 1. The largest absolute Gasteiger partial charge is 0.317 e. The first kappa shape index (κ1) is 15.0. The van der Waals surface area contributed by atoms with Gasteiger partial charge in [0.25, 0.3) is 0 Å². The molecular formula is C17H26N2O. The Morgan fingerprint density at radius 1 is 1.15 bits per heavy atom. The Hall–Kier alpha value is -1.35. The molecule has 1 aromatic rings. The molecule has 1 aliphatic rings. The fraction of sp³-hybridized carbons (Fsp3) is 0.588. The van der Waals surface area contributed by atoms with Gasteiger partial charge in [-0.05, 0) is 36.5 Å². The van der Waals surface area contributed by atoms with Crippen molar-refractivity contribution in [2.45, 2.75) is 57.4 Å². The van der Waals surface area contributed by atoms with Crippen molar-refractivity contribution in [3.05, 3.63) is 29.8 Å². The third-order valence-electron chi connectivity index (χ3n) is 4.42. The number of nitrogens with two attached hydrogens (primary N) is 1. The summed E-state index contributed by atoms with van der Waals surface area (Å²) in [6, 6.07) is 8.21. The first-order valence-electron chi connectivity index (χ1n) is 7.61. The minimum atomic E-state index is -0.663. The van der Waals surface area contributed by atoms with Crippen LogP contribution in [0.4, 0.5) is 5.69 Å². The van der Waals surface area contributed by atoms with Gasteiger partial charge in [-0.15, -0.1) is 0 Å². The van der Waals surface area contributed by atoms with Crippen LogP contribution in [0.5, 0.6) is 0 Å². The lowest BCUT2D eigenvalue weighted by Crippen LogP contribution is -2.55. The Morgan fingerprint density at radius 3 is 2.20 bits per heavy atom. The summed E-state index contributed by atoms with van der Waals surface area (Å²) in [7, 11) is 1.83. The minimum absolute atomic E-state index is 0.0505. The predicted octanol–water partition coefficient (Wildman–Crippen LogP) is 3.43. The lowest BCUT2D eigenvalue weighted by atomic mass is 9.81. The van der Waals surface area contributed by atoms with Gasteiger partial charge in [-0.3, -0.25) is 4.79 Å². The number of carbonyl (C=O) groups excluding carboxylic acids is 1. The van der Waals surface area contributed by atoms with E-state index in [2.05, 4.69) is 26.0 Å².